The number of nitrogens with one attached hydrogen (secondary N) is 1. The van der Waals surface area contributed by atoms with Crippen LogP contribution in [0, 0.1) is 11.8 Å². The molecule has 0 aliphatic heterocycles. The first-order valence-corrected chi connectivity index (χ1v) is 7.46. The molecule has 3 N–H and O–H groups in total. The maximum absolute atomic E-state index is 12.0. The van der Waals surface area contributed by atoms with Crippen LogP contribution in [0.4, 0.5) is 0 Å². The normalized spacial score (nSPS) is 15.8. The van der Waals surface area contributed by atoms with E-state index in [1.54, 1.807) is 0 Å². The SMILES string of the molecule is CC(C)Cc1ccc(C(C)NC(=O)C(C)C(C)N)cc1. The first-order chi connectivity index (χ1) is 9.31. The topological polar surface area (TPSA) is 55.1 Å². The van der Waals surface area contributed by atoms with Crippen LogP contribution >= 0.6 is 0 Å². The second-order valence-corrected chi connectivity index (χ2v) is 6.22. The highest BCUT2D eigenvalue weighted by molar-refractivity contribution is 5.79. The Bertz CT molecular complexity index is 423. The second-order valence-electron chi connectivity index (χ2n) is 6.22. The molecular weight excluding hydrogens is 248 g/mol. The maximum atomic E-state index is 12.0. The molecule has 20 heavy (non-hydrogen) atoms. The van der Waals surface area contributed by atoms with E-state index in [0.29, 0.717) is 5.92 Å². The van der Waals surface area contributed by atoms with E-state index < -0.39 is 0 Å². The molecule has 1 aromatic rings. The van der Waals surface area contributed by atoms with E-state index >= 15 is 0 Å². The summed E-state index contributed by atoms with van der Waals surface area (Å²) < 4.78 is 0. The van der Waals surface area contributed by atoms with Crippen LogP contribution in [0.15, 0.2) is 24.3 Å². The third kappa shape index (κ3) is 4.97. The molecule has 0 bridgehead atoms. The Morgan fingerprint density at radius 3 is 2.10 bits per heavy atom. The minimum Gasteiger partial charge on any atom is -0.349 e. The highest BCUT2D eigenvalue weighted by Crippen LogP contribution is 2.16. The van der Waals surface area contributed by atoms with E-state index in [1.807, 2.05) is 20.8 Å². The summed E-state index contributed by atoms with van der Waals surface area (Å²) in [4.78, 5) is 12.0. The Morgan fingerprint density at radius 2 is 1.65 bits per heavy atom. The Labute approximate surface area is 122 Å². The molecule has 112 valence electrons. The van der Waals surface area contributed by atoms with Crippen molar-refractivity contribution < 1.29 is 4.79 Å². The second kappa shape index (κ2) is 7.44. The van der Waals surface area contributed by atoms with Crippen LogP contribution < -0.4 is 11.1 Å². The molecule has 0 heterocycles. The Morgan fingerprint density at radius 1 is 1.10 bits per heavy atom. The molecule has 3 unspecified atom stereocenters. The van der Waals surface area contributed by atoms with Crippen LogP contribution in [-0.4, -0.2) is 11.9 Å². The smallest absolute Gasteiger partial charge is 0.224 e. The van der Waals surface area contributed by atoms with Crippen LogP contribution in [-0.2, 0) is 11.2 Å². The number of hydrogen-bond donors (Lipinski definition) is 2. The fourth-order valence-electron chi connectivity index (χ4n) is 2.08. The van der Waals surface area contributed by atoms with Gasteiger partial charge in [-0.25, -0.2) is 0 Å². The predicted octanol–water partition coefficient (Wildman–Crippen LogP) is 3.05. The number of benzene rings is 1. The summed E-state index contributed by atoms with van der Waals surface area (Å²) in [5, 5.41) is 3.02. The van der Waals surface area contributed by atoms with Crippen molar-refractivity contribution in [2.45, 2.75) is 53.1 Å². The van der Waals surface area contributed by atoms with E-state index in [4.69, 9.17) is 5.73 Å². The number of carbonyl (C=O) groups excluding carboxylic acids is 1. The van der Waals surface area contributed by atoms with Crippen molar-refractivity contribution in [1.82, 2.24) is 5.32 Å². The third-order valence-corrected chi connectivity index (χ3v) is 3.68. The van der Waals surface area contributed by atoms with E-state index in [1.165, 1.54) is 5.56 Å². The molecule has 3 atom stereocenters. The summed E-state index contributed by atoms with van der Waals surface area (Å²) >= 11 is 0. The minimum absolute atomic E-state index is 0.0109. The molecule has 0 aliphatic rings. The number of hydrogen-bond acceptors (Lipinski definition) is 2. The lowest BCUT2D eigenvalue weighted by Crippen LogP contribution is -2.39. The molecule has 0 aromatic heterocycles. The van der Waals surface area contributed by atoms with E-state index in [0.717, 1.165) is 12.0 Å². The van der Waals surface area contributed by atoms with Gasteiger partial charge in [0.05, 0.1) is 6.04 Å². The third-order valence-electron chi connectivity index (χ3n) is 3.68. The van der Waals surface area contributed by atoms with Gasteiger partial charge in [0, 0.05) is 12.0 Å². The van der Waals surface area contributed by atoms with Crippen molar-refractivity contribution in [2.24, 2.45) is 17.6 Å². The minimum atomic E-state index is -0.169. The van der Waals surface area contributed by atoms with Gasteiger partial charge < -0.3 is 11.1 Å². The molecule has 0 saturated heterocycles. The number of rotatable bonds is 6. The molecule has 1 rings (SSSR count). The summed E-state index contributed by atoms with van der Waals surface area (Å²) in [5.74, 6) is 0.501. The summed E-state index contributed by atoms with van der Waals surface area (Å²) in [6.45, 7) is 10.1. The number of amides is 1. The lowest BCUT2D eigenvalue weighted by atomic mass is 9.99. The van der Waals surface area contributed by atoms with Gasteiger partial charge in [-0.05, 0) is 37.3 Å². The van der Waals surface area contributed by atoms with Crippen LogP contribution in [0.1, 0.15) is 51.8 Å². The molecular formula is C17H28N2O. The molecule has 1 amide bonds. The van der Waals surface area contributed by atoms with Gasteiger partial charge >= 0.3 is 0 Å². The van der Waals surface area contributed by atoms with Crippen molar-refractivity contribution in [3.05, 3.63) is 35.4 Å². The standard InChI is InChI=1S/C17H28N2O/c1-11(2)10-15-6-8-16(9-7-15)14(5)19-17(20)12(3)13(4)18/h6-9,11-14H,10,18H2,1-5H3,(H,19,20). The fraction of sp³-hybridized carbons (Fsp3) is 0.588. The molecule has 0 saturated carbocycles. The zero-order chi connectivity index (χ0) is 15.3. The van der Waals surface area contributed by atoms with Gasteiger partial charge in [-0.15, -0.1) is 0 Å². The van der Waals surface area contributed by atoms with Gasteiger partial charge in [-0.2, -0.15) is 0 Å². The zero-order valence-electron chi connectivity index (χ0n) is 13.3. The van der Waals surface area contributed by atoms with Gasteiger partial charge in [0.25, 0.3) is 0 Å². The Balaban J connectivity index is 2.63. The molecule has 0 radical (unpaired) electrons. The maximum Gasteiger partial charge on any atom is 0.224 e. The van der Waals surface area contributed by atoms with E-state index in [2.05, 4.69) is 43.4 Å². The fourth-order valence-corrected chi connectivity index (χ4v) is 2.08. The average Bonchev–Trinajstić information content (AvgIpc) is 2.37. The Kier molecular flexibility index (Phi) is 6.21. The van der Waals surface area contributed by atoms with Crippen LogP contribution in [0.5, 0.6) is 0 Å². The quantitative estimate of drug-likeness (QED) is 0.839. The molecule has 0 spiro atoms. The van der Waals surface area contributed by atoms with Crippen LogP contribution in [0.3, 0.4) is 0 Å². The van der Waals surface area contributed by atoms with Crippen molar-refractivity contribution in [3.8, 4) is 0 Å². The highest BCUT2D eigenvalue weighted by atomic mass is 16.1. The summed E-state index contributed by atoms with van der Waals surface area (Å²) in [6.07, 6.45) is 1.09. The van der Waals surface area contributed by atoms with Crippen molar-refractivity contribution in [1.29, 1.82) is 0 Å². The first kappa shape index (κ1) is 16.7. The lowest BCUT2D eigenvalue weighted by Gasteiger charge is -2.20. The zero-order valence-corrected chi connectivity index (χ0v) is 13.3. The van der Waals surface area contributed by atoms with E-state index in [9.17, 15) is 4.79 Å². The van der Waals surface area contributed by atoms with Crippen molar-refractivity contribution in [2.75, 3.05) is 0 Å². The van der Waals surface area contributed by atoms with Gasteiger partial charge in [0.15, 0.2) is 0 Å². The van der Waals surface area contributed by atoms with Crippen LogP contribution in [0.2, 0.25) is 0 Å². The molecule has 1 aromatic carbocycles. The van der Waals surface area contributed by atoms with Gasteiger partial charge in [0.2, 0.25) is 5.91 Å². The lowest BCUT2D eigenvalue weighted by molar-refractivity contribution is -0.125. The van der Waals surface area contributed by atoms with Crippen molar-refractivity contribution >= 4 is 5.91 Å². The molecule has 0 aliphatic carbocycles. The van der Waals surface area contributed by atoms with Crippen LogP contribution in [0.25, 0.3) is 0 Å². The summed E-state index contributed by atoms with van der Waals surface area (Å²) in [5.41, 5.74) is 8.22. The average molecular weight is 276 g/mol. The molecule has 0 fully saturated rings. The summed E-state index contributed by atoms with van der Waals surface area (Å²) in [6, 6.07) is 8.37. The monoisotopic (exact) mass is 276 g/mol. The molecule has 3 nitrogen and oxygen atoms in total. The number of nitrogens with two attached hydrogens (primary N) is 1. The predicted molar refractivity (Wildman–Crippen MR) is 84.4 cm³/mol. The van der Waals surface area contributed by atoms with Crippen molar-refractivity contribution in [3.63, 3.8) is 0 Å². The van der Waals surface area contributed by atoms with E-state index in [-0.39, 0.29) is 23.9 Å². The first-order valence-electron chi connectivity index (χ1n) is 7.46. The number of carbonyl (C=O) groups is 1. The summed E-state index contributed by atoms with van der Waals surface area (Å²) in [7, 11) is 0. The Hall–Kier alpha value is -1.35. The van der Waals surface area contributed by atoms with Gasteiger partial charge in [-0.1, -0.05) is 45.0 Å². The molecule has 3 heteroatoms. The largest absolute Gasteiger partial charge is 0.349 e. The van der Waals surface area contributed by atoms with Gasteiger partial charge in [-0.3, -0.25) is 4.79 Å². The van der Waals surface area contributed by atoms with Gasteiger partial charge in [0.1, 0.15) is 0 Å². The highest BCUT2D eigenvalue weighted by Gasteiger charge is 2.19.